The second kappa shape index (κ2) is 6.17. The van der Waals surface area contributed by atoms with Crippen molar-refractivity contribution in [1.82, 2.24) is 4.57 Å². The van der Waals surface area contributed by atoms with E-state index in [1.165, 1.54) is 27.4 Å². The van der Waals surface area contributed by atoms with Gasteiger partial charge >= 0.3 is 0 Å². The van der Waals surface area contributed by atoms with E-state index in [4.69, 9.17) is 0 Å². The highest BCUT2D eigenvalue weighted by Gasteiger charge is 2.20. The SMILES string of the molecule is CC1C=CC=CC1c1ccc2c(c1)c1ccccc1n2C1C=CC=CC1. The number of hydrogen-bond acceptors (Lipinski definition) is 0. The van der Waals surface area contributed by atoms with E-state index < -0.39 is 0 Å². The summed E-state index contributed by atoms with van der Waals surface area (Å²) >= 11 is 0. The molecular weight excluding hydrogens is 314 g/mol. The van der Waals surface area contributed by atoms with Crippen LogP contribution in [0.5, 0.6) is 0 Å². The molecular formula is C25H23N. The highest BCUT2D eigenvalue weighted by Crippen LogP contribution is 2.38. The number of allylic oxidation sites excluding steroid dienone is 8. The summed E-state index contributed by atoms with van der Waals surface area (Å²) in [7, 11) is 0. The molecule has 3 unspecified atom stereocenters. The van der Waals surface area contributed by atoms with Crippen LogP contribution in [0.25, 0.3) is 21.8 Å². The molecule has 1 heteroatoms. The molecule has 1 nitrogen and oxygen atoms in total. The van der Waals surface area contributed by atoms with E-state index in [2.05, 4.69) is 103 Å². The first-order valence-electron chi connectivity index (χ1n) is 9.54. The molecule has 2 aliphatic rings. The summed E-state index contributed by atoms with van der Waals surface area (Å²) in [5, 5.41) is 2.73. The Morgan fingerprint density at radius 1 is 0.808 bits per heavy atom. The van der Waals surface area contributed by atoms with Gasteiger partial charge in [0.1, 0.15) is 0 Å². The molecule has 26 heavy (non-hydrogen) atoms. The molecule has 0 aliphatic heterocycles. The Morgan fingerprint density at radius 3 is 2.46 bits per heavy atom. The van der Waals surface area contributed by atoms with Crippen molar-refractivity contribution in [2.75, 3.05) is 0 Å². The Balaban J connectivity index is 1.73. The molecule has 1 heterocycles. The Hall–Kier alpha value is -2.80. The first kappa shape index (κ1) is 15.5. The number of benzene rings is 2. The molecule has 0 saturated carbocycles. The monoisotopic (exact) mass is 337 g/mol. The van der Waals surface area contributed by atoms with Crippen molar-refractivity contribution < 1.29 is 0 Å². The maximum atomic E-state index is 2.51. The predicted molar refractivity (Wildman–Crippen MR) is 112 cm³/mol. The molecule has 1 aromatic heterocycles. The molecule has 0 amide bonds. The van der Waals surface area contributed by atoms with Gasteiger partial charge in [0.15, 0.2) is 0 Å². The molecule has 5 rings (SSSR count). The lowest BCUT2D eigenvalue weighted by Gasteiger charge is -2.21. The van der Waals surface area contributed by atoms with Gasteiger partial charge in [0.05, 0.1) is 6.04 Å². The number of hydrogen-bond donors (Lipinski definition) is 0. The van der Waals surface area contributed by atoms with E-state index >= 15 is 0 Å². The lowest BCUT2D eigenvalue weighted by Crippen LogP contribution is -2.08. The van der Waals surface area contributed by atoms with Crippen LogP contribution < -0.4 is 0 Å². The van der Waals surface area contributed by atoms with Gasteiger partial charge in [-0.2, -0.15) is 0 Å². The summed E-state index contributed by atoms with van der Waals surface area (Å²) in [6.07, 6.45) is 18.9. The van der Waals surface area contributed by atoms with Crippen LogP contribution in [0, 0.1) is 5.92 Å². The first-order chi connectivity index (χ1) is 12.8. The highest BCUT2D eigenvalue weighted by atomic mass is 15.0. The van der Waals surface area contributed by atoms with Crippen LogP contribution in [0.15, 0.2) is 91.1 Å². The van der Waals surface area contributed by atoms with Crippen LogP contribution in [0.1, 0.15) is 30.9 Å². The average Bonchev–Trinajstić information content (AvgIpc) is 3.03. The van der Waals surface area contributed by atoms with Crippen LogP contribution in [0.4, 0.5) is 0 Å². The normalized spacial score (nSPS) is 24.7. The van der Waals surface area contributed by atoms with E-state index in [-0.39, 0.29) is 0 Å². The summed E-state index contributed by atoms with van der Waals surface area (Å²) in [4.78, 5) is 0. The molecule has 0 saturated heterocycles. The zero-order chi connectivity index (χ0) is 17.5. The Bertz CT molecular complexity index is 1090. The quantitative estimate of drug-likeness (QED) is 0.490. The van der Waals surface area contributed by atoms with E-state index in [0.29, 0.717) is 17.9 Å². The lowest BCUT2D eigenvalue weighted by molar-refractivity contribution is 0.635. The molecule has 2 aliphatic carbocycles. The molecule has 3 atom stereocenters. The van der Waals surface area contributed by atoms with Crippen molar-refractivity contribution in [3.05, 3.63) is 96.6 Å². The number of para-hydroxylation sites is 1. The molecule has 0 spiro atoms. The van der Waals surface area contributed by atoms with Gasteiger partial charge in [-0.1, -0.05) is 79.8 Å². The first-order valence-corrected chi connectivity index (χ1v) is 9.54. The van der Waals surface area contributed by atoms with Gasteiger partial charge < -0.3 is 4.57 Å². The van der Waals surface area contributed by atoms with Crippen LogP contribution in [-0.2, 0) is 0 Å². The second-order valence-corrected chi connectivity index (χ2v) is 7.43. The van der Waals surface area contributed by atoms with Crippen molar-refractivity contribution in [2.45, 2.75) is 25.3 Å². The maximum absolute atomic E-state index is 2.51. The summed E-state index contributed by atoms with van der Waals surface area (Å²) in [5.41, 5.74) is 4.08. The minimum Gasteiger partial charge on any atom is -0.333 e. The molecule has 3 aromatic rings. The lowest BCUT2D eigenvalue weighted by atomic mass is 9.84. The third kappa shape index (κ3) is 2.39. The summed E-state index contributed by atoms with van der Waals surface area (Å²) in [6, 6.07) is 16.3. The third-order valence-electron chi connectivity index (χ3n) is 5.82. The fraction of sp³-hybridized carbons (Fsp3) is 0.200. The van der Waals surface area contributed by atoms with Gasteiger partial charge in [-0.25, -0.2) is 0 Å². The van der Waals surface area contributed by atoms with Gasteiger partial charge in [-0.3, -0.25) is 0 Å². The zero-order valence-corrected chi connectivity index (χ0v) is 15.0. The summed E-state index contributed by atoms with van der Waals surface area (Å²) in [5.74, 6) is 1.00. The van der Waals surface area contributed by atoms with Gasteiger partial charge in [0.2, 0.25) is 0 Å². The molecule has 2 aromatic carbocycles. The minimum atomic E-state index is 0.393. The molecule has 0 N–H and O–H groups in total. The van der Waals surface area contributed by atoms with Crippen LogP contribution in [0.3, 0.4) is 0 Å². The molecule has 128 valence electrons. The number of nitrogens with zero attached hydrogens (tertiary/aromatic N) is 1. The summed E-state index contributed by atoms with van der Waals surface area (Å²) in [6.45, 7) is 2.30. The third-order valence-corrected chi connectivity index (χ3v) is 5.82. The van der Waals surface area contributed by atoms with Crippen LogP contribution in [0.2, 0.25) is 0 Å². The molecule has 0 fully saturated rings. The second-order valence-electron chi connectivity index (χ2n) is 7.43. The Morgan fingerprint density at radius 2 is 1.62 bits per heavy atom. The summed E-state index contributed by atoms with van der Waals surface area (Å²) < 4.78 is 2.51. The van der Waals surface area contributed by atoms with Gasteiger partial charge in [0.25, 0.3) is 0 Å². The van der Waals surface area contributed by atoms with Crippen molar-refractivity contribution in [2.24, 2.45) is 5.92 Å². The zero-order valence-electron chi connectivity index (χ0n) is 15.0. The number of aromatic nitrogens is 1. The predicted octanol–water partition coefficient (Wildman–Crippen LogP) is 6.70. The highest BCUT2D eigenvalue weighted by molar-refractivity contribution is 6.08. The van der Waals surface area contributed by atoms with Crippen LogP contribution in [-0.4, -0.2) is 4.57 Å². The smallest absolute Gasteiger partial charge is 0.0560 e. The van der Waals surface area contributed by atoms with E-state index in [1.807, 2.05) is 0 Å². The van der Waals surface area contributed by atoms with Gasteiger partial charge in [0, 0.05) is 27.7 Å². The molecule has 0 radical (unpaired) electrons. The Labute approximate surface area is 154 Å². The van der Waals surface area contributed by atoms with Crippen molar-refractivity contribution in [3.63, 3.8) is 0 Å². The van der Waals surface area contributed by atoms with Crippen molar-refractivity contribution in [3.8, 4) is 0 Å². The topological polar surface area (TPSA) is 4.93 Å². The van der Waals surface area contributed by atoms with Gasteiger partial charge in [-0.05, 0) is 36.1 Å². The van der Waals surface area contributed by atoms with E-state index in [0.717, 1.165) is 6.42 Å². The van der Waals surface area contributed by atoms with Gasteiger partial charge in [-0.15, -0.1) is 0 Å². The Kier molecular flexibility index (Phi) is 3.67. The standard InChI is InChI=1S/C25H23N/c1-18-9-5-6-12-21(18)19-15-16-25-23(17-19)22-13-7-8-14-24(22)26(25)20-10-3-2-4-11-20/h2-10,12-18,20-21H,11H2,1H3. The average molecular weight is 337 g/mol. The maximum Gasteiger partial charge on any atom is 0.0560 e. The number of fused-ring (bicyclic) bond motifs is 3. The van der Waals surface area contributed by atoms with Crippen LogP contribution >= 0.6 is 0 Å². The van der Waals surface area contributed by atoms with E-state index in [1.54, 1.807) is 0 Å². The fourth-order valence-corrected chi connectivity index (χ4v) is 4.48. The van der Waals surface area contributed by atoms with E-state index in [9.17, 15) is 0 Å². The van der Waals surface area contributed by atoms with Crippen molar-refractivity contribution >= 4 is 21.8 Å². The minimum absolute atomic E-state index is 0.393. The van der Waals surface area contributed by atoms with Crippen molar-refractivity contribution in [1.29, 1.82) is 0 Å². The largest absolute Gasteiger partial charge is 0.333 e. The number of rotatable bonds is 2. The molecule has 0 bridgehead atoms. The fourth-order valence-electron chi connectivity index (χ4n) is 4.48.